The van der Waals surface area contributed by atoms with Crippen molar-refractivity contribution in [3.63, 3.8) is 0 Å². The molecule has 0 aromatic heterocycles. The van der Waals surface area contributed by atoms with Gasteiger partial charge in [-0.3, -0.25) is 4.79 Å². The van der Waals surface area contributed by atoms with Crippen molar-refractivity contribution in [2.24, 2.45) is 0 Å². The van der Waals surface area contributed by atoms with E-state index in [1.54, 1.807) is 41.3 Å². The molecule has 138 valence electrons. The van der Waals surface area contributed by atoms with Crippen molar-refractivity contribution < 1.29 is 17.9 Å². The first-order valence-electron chi connectivity index (χ1n) is 8.21. The highest BCUT2D eigenvalue weighted by Gasteiger charge is 2.30. The van der Waals surface area contributed by atoms with E-state index in [-0.39, 0.29) is 23.9 Å². The van der Waals surface area contributed by atoms with Crippen molar-refractivity contribution in [3.05, 3.63) is 54.1 Å². The Kier molecular flexibility index (Phi) is 5.15. The molecule has 1 saturated heterocycles. The molecule has 2 N–H and O–H groups in total. The van der Waals surface area contributed by atoms with Crippen LogP contribution in [0.1, 0.15) is 10.4 Å². The number of ether oxygens (including phenoxy) is 1. The maximum atomic E-state index is 12.7. The number of nitrogen functional groups attached to an aromatic ring is 1. The monoisotopic (exact) mass is 375 g/mol. The van der Waals surface area contributed by atoms with E-state index in [4.69, 9.17) is 10.5 Å². The first kappa shape index (κ1) is 18.2. The molecule has 3 rings (SSSR count). The van der Waals surface area contributed by atoms with Crippen LogP contribution in [0, 0.1) is 0 Å². The SMILES string of the molecule is COc1ccc(S(=O)(=O)N2CCN(C(=O)c3ccc(N)cc3)CC2)cc1. The predicted molar refractivity (Wildman–Crippen MR) is 98.5 cm³/mol. The van der Waals surface area contributed by atoms with Crippen LogP contribution in [0.25, 0.3) is 0 Å². The summed E-state index contributed by atoms with van der Waals surface area (Å²) in [6.45, 7) is 1.21. The molecule has 1 fully saturated rings. The Morgan fingerprint density at radius 1 is 0.962 bits per heavy atom. The highest BCUT2D eigenvalue weighted by molar-refractivity contribution is 7.89. The van der Waals surface area contributed by atoms with Gasteiger partial charge in [-0.2, -0.15) is 4.31 Å². The number of nitrogens with two attached hydrogens (primary N) is 1. The molecule has 2 aromatic rings. The number of benzene rings is 2. The van der Waals surface area contributed by atoms with Crippen molar-refractivity contribution in [2.45, 2.75) is 4.90 Å². The lowest BCUT2D eigenvalue weighted by molar-refractivity contribution is 0.0698. The lowest BCUT2D eigenvalue weighted by atomic mass is 10.1. The molecule has 1 heterocycles. The van der Waals surface area contributed by atoms with Crippen LogP contribution in [0.3, 0.4) is 0 Å². The Morgan fingerprint density at radius 2 is 1.54 bits per heavy atom. The highest BCUT2D eigenvalue weighted by atomic mass is 32.2. The van der Waals surface area contributed by atoms with Gasteiger partial charge >= 0.3 is 0 Å². The number of rotatable bonds is 4. The van der Waals surface area contributed by atoms with Crippen LogP contribution in [0.15, 0.2) is 53.4 Å². The summed E-state index contributed by atoms with van der Waals surface area (Å²) in [5, 5.41) is 0. The quantitative estimate of drug-likeness (QED) is 0.816. The number of hydrogen-bond donors (Lipinski definition) is 1. The van der Waals surface area contributed by atoms with Gasteiger partial charge in [0, 0.05) is 37.4 Å². The molecular weight excluding hydrogens is 354 g/mol. The average Bonchev–Trinajstić information content (AvgIpc) is 2.68. The Bertz CT molecular complexity index is 872. The predicted octanol–water partition coefficient (Wildman–Crippen LogP) is 1.42. The molecule has 2 aromatic carbocycles. The van der Waals surface area contributed by atoms with Crippen LogP contribution in [-0.4, -0.2) is 56.8 Å². The summed E-state index contributed by atoms with van der Waals surface area (Å²) >= 11 is 0. The second-order valence-corrected chi connectivity index (χ2v) is 7.93. The standard InChI is InChI=1S/C18H21N3O4S/c1-25-16-6-8-17(9-7-16)26(23,24)21-12-10-20(11-13-21)18(22)14-2-4-15(19)5-3-14/h2-9H,10-13,19H2,1H3. The Morgan fingerprint density at radius 3 is 2.08 bits per heavy atom. The number of methoxy groups -OCH3 is 1. The minimum Gasteiger partial charge on any atom is -0.497 e. The number of carbonyl (C=O) groups is 1. The first-order chi connectivity index (χ1) is 12.4. The van der Waals surface area contributed by atoms with Crippen LogP contribution in [-0.2, 0) is 10.0 Å². The van der Waals surface area contributed by atoms with Crippen LogP contribution in [0.4, 0.5) is 5.69 Å². The Hall–Kier alpha value is -2.58. The fourth-order valence-corrected chi connectivity index (χ4v) is 4.26. The van der Waals surface area contributed by atoms with Gasteiger partial charge in [0.05, 0.1) is 12.0 Å². The number of hydrogen-bond acceptors (Lipinski definition) is 5. The Labute approximate surface area is 153 Å². The van der Waals surface area contributed by atoms with Gasteiger partial charge in [0.2, 0.25) is 10.0 Å². The van der Waals surface area contributed by atoms with Gasteiger partial charge in [0.25, 0.3) is 5.91 Å². The van der Waals surface area contributed by atoms with Gasteiger partial charge in [0.1, 0.15) is 5.75 Å². The van der Waals surface area contributed by atoms with E-state index in [0.29, 0.717) is 30.1 Å². The van der Waals surface area contributed by atoms with E-state index in [1.807, 2.05) is 0 Å². The molecule has 7 nitrogen and oxygen atoms in total. The third kappa shape index (κ3) is 3.66. The normalized spacial score (nSPS) is 15.7. The van der Waals surface area contributed by atoms with Crippen LogP contribution < -0.4 is 10.5 Å². The third-order valence-electron chi connectivity index (χ3n) is 4.38. The van der Waals surface area contributed by atoms with Gasteiger partial charge in [0.15, 0.2) is 0 Å². The van der Waals surface area contributed by atoms with Crippen molar-refractivity contribution in [1.29, 1.82) is 0 Å². The lowest BCUT2D eigenvalue weighted by Gasteiger charge is -2.34. The first-order valence-corrected chi connectivity index (χ1v) is 9.65. The average molecular weight is 375 g/mol. The van der Waals surface area contributed by atoms with Crippen LogP contribution >= 0.6 is 0 Å². The van der Waals surface area contributed by atoms with Crippen molar-refractivity contribution in [3.8, 4) is 5.75 Å². The summed E-state index contributed by atoms with van der Waals surface area (Å²) in [5.41, 5.74) is 6.78. The number of amides is 1. The molecule has 0 aliphatic carbocycles. The number of piperazine rings is 1. The van der Waals surface area contributed by atoms with Gasteiger partial charge < -0.3 is 15.4 Å². The maximum absolute atomic E-state index is 12.7. The largest absolute Gasteiger partial charge is 0.497 e. The van der Waals surface area contributed by atoms with E-state index in [0.717, 1.165) is 0 Å². The number of nitrogens with zero attached hydrogens (tertiary/aromatic N) is 2. The second-order valence-electron chi connectivity index (χ2n) is 5.99. The fraction of sp³-hybridized carbons (Fsp3) is 0.278. The highest BCUT2D eigenvalue weighted by Crippen LogP contribution is 2.21. The molecule has 26 heavy (non-hydrogen) atoms. The molecule has 1 aliphatic rings. The third-order valence-corrected chi connectivity index (χ3v) is 6.29. The minimum absolute atomic E-state index is 0.119. The zero-order chi connectivity index (χ0) is 18.7. The minimum atomic E-state index is -3.58. The van der Waals surface area contributed by atoms with Gasteiger partial charge in [-0.25, -0.2) is 8.42 Å². The number of carbonyl (C=O) groups excluding carboxylic acids is 1. The lowest BCUT2D eigenvalue weighted by Crippen LogP contribution is -2.50. The zero-order valence-corrected chi connectivity index (χ0v) is 15.3. The molecule has 1 amide bonds. The number of sulfonamides is 1. The van der Waals surface area contributed by atoms with E-state index >= 15 is 0 Å². The van der Waals surface area contributed by atoms with E-state index in [9.17, 15) is 13.2 Å². The van der Waals surface area contributed by atoms with Gasteiger partial charge in [-0.05, 0) is 48.5 Å². The van der Waals surface area contributed by atoms with Crippen molar-refractivity contribution in [2.75, 3.05) is 39.0 Å². The summed E-state index contributed by atoms with van der Waals surface area (Å²) in [4.78, 5) is 14.4. The van der Waals surface area contributed by atoms with Crippen molar-refractivity contribution in [1.82, 2.24) is 9.21 Å². The topological polar surface area (TPSA) is 92.9 Å². The van der Waals surface area contributed by atoms with Crippen LogP contribution in [0.5, 0.6) is 5.75 Å². The van der Waals surface area contributed by atoms with E-state index < -0.39 is 10.0 Å². The Balaban J connectivity index is 1.67. The van der Waals surface area contributed by atoms with Crippen molar-refractivity contribution >= 4 is 21.6 Å². The fourth-order valence-electron chi connectivity index (χ4n) is 2.84. The molecule has 0 bridgehead atoms. The number of anilines is 1. The van der Waals surface area contributed by atoms with E-state index in [1.165, 1.54) is 23.5 Å². The summed E-state index contributed by atoms with van der Waals surface area (Å²) < 4.78 is 31.9. The van der Waals surface area contributed by atoms with Gasteiger partial charge in [-0.1, -0.05) is 0 Å². The molecule has 0 unspecified atom stereocenters. The maximum Gasteiger partial charge on any atom is 0.253 e. The summed E-state index contributed by atoms with van der Waals surface area (Å²) in [5.74, 6) is 0.481. The zero-order valence-electron chi connectivity index (χ0n) is 14.5. The molecule has 0 saturated carbocycles. The summed E-state index contributed by atoms with van der Waals surface area (Å²) in [7, 11) is -2.05. The molecular formula is C18H21N3O4S. The summed E-state index contributed by atoms with van der Waals surface area (Å²) in [6, 6.07) is 13.0. The molecule has 1 aliphatic heterocycles. The molecule has 8 heteroatoms. The van der Waals surface area contributed by atoms with Crippen LogP contribution in [0.2, 0.25) is 0 Å². The molecule has 0 radical (unpaired) electrons. The summed E-state index contributed by atoms with van der Waals surface area (Å²) in [6.07, 6.45) is 0. The molecule has 0 atom stereocenters. The van der Waals surface area contributed by atoms with Gasteiger partial charge in [-0.15, -0.1) is 0 Å². The smallest absolute Gasteiger partial charge is 0.253 e. The molecule has 0 spiro atoms. The van der Waals surface area contributed by atoms with E-state index in [2.05, 4.69) is 0 Å². The second kappa shape index (κ2) is 7.35.